The molecule has 7 aromatic rings. The first kappa shape index (κ1) is 70.7. The van der Waals surface area contributed by atoms with Crippen molar-refractivity contribution in [2.45, 2.75) is 26.2 Å². The maximum Gasteiger partial charge on any atom is 0.204 e. The summed E-state index contributed by atoms with van der Waals surface area (Å²) in [5.41, 5.74) is 3.31. The van der Waals surface area contributed by atoms with Crippen LogP contribution in [0.15, 0.2) is 142 Å². The molecule has 0 aliphatic heterocycles. The predicted molar refractivity (Wildman–Crippen MR) is 341 cm³/mol. The van der Waals surface area contributed by atoms with Crippen molar-refractivity contribution in [3.05, 3.63) is 148 Å². The molecule has 0 amide bonds. The van der Waals surface area contributed by atoms with Gasteiger partial charge in [0.05, 0.1) is 113 Å². The summed E-state index contributed by atoms with van der Waals surface area (Å²) in [4.78, 5) is 0. The van der Waals surface area contributed by atoms with Crippen molar-refractivity contribution in [2.75, 3.05) is 99.5 Å². The second-order valence-corrected chi connectivity index (χ2v) is 22.0. The molecule has 0 atom stereocenters. The van der Waals surface area contributed by atoms with Gasteiger partial charge >= 0.3 is 0 Å². The Balaban J connectivity index is 0.000000330. The number of benzene rings is 7. The lowest BCUT2D eigenvalue weighted by atomic mass is 9.86. The van der Waals surface area contributed by atoms with E-state index in [9.17, 15) is 0 Å². The molecule has 0 aliphatic carbocycles. The third-order valence-electron chi connectivity index (χ3n) is 10.8. The second-order valence-electron chi connectivity index (χ2n) is 16.7. The molecule has 14 nitrogen and oxygen atoms in total. The van der Waals surface area contributed by atoms with Crippen LogP contribution < -0.4 is 66.3 Å². The molecule has 20 heteroatoms. The van der Waals surface area contributed by atoms with Gasteiger partial charge in [0.1, 0.15) is 34.5 Å². The van der Waals surface area contributed by atoms with E-state index < -0.39 is 0 Å². The Bertz CT molecular complexity index is 2930. The summed E-state index contributed by atoms with van der Waals surface area (Å²) in [5.74, 6) is 10.2. The van der Waals surface area contributed by atoms with Crippen molar-refractivity contribution in [2.24, 2.45) is 0 Å². The molecule has 0 heterocycles. The summed E-state index contributed by atoms with van der Waals surface area (Å²) in [5, 5.41) is 0. The average Bonchev–Trinajstić information content (AvgIpc) is 3.48. The Morgan fingerprint density at radius 3 is 1.14 bits per heavy atom. The summed E-state index contributed by atoms with van der Waals surface area (Å²) >= 11 is 20.3. The molecule has 0 radical (unpaired) electrons. The second kappa shape index (κ2) is 36.9. The number of hydrogen-bond donors (Lipinski definition) is 0. The van der Waals surface area contributed by atoms with E-state index in [1.807, 2.05) is 115 Å². The third-order valence-corrected chi connectivity index (χ3v) is 14.1. The largest absolute Gasteiger partial charge is 0.497 e. The van der Waals surface area contributed by atoms with Crippen LogP contribution in [0.3, 0.4) is 0 Å². The van der Waals surface area contributed by atoms with Crippen LogP contribution in [0.2, 0.25) is 0 Å². The van der Waals surface area contributed by atoms with Crippen molar-refractivity contribution in [1.29, 1.82) is 0 Å². The third kappa shape index (κ3) is 21.8. The molecule has 7 rings (SSSR count). The van der Waals surface area contributed by atoms with Crippen LogP contribution in [0.1, 0.15) is 26.3 Å². The number of ether oxygens (including phenoxy) is 14. The summed E-state index contributed by atoms with van der Waals surface area (Å²) in [6, 6.07) is 36.4. The van der Waals surface area contributed by atoms with Gasteiger partial charge in [0.2, 0.25) is 11.5 Å². The van der Waals surface area contributed by atoms with E-state index in [0.29, 0.717) is 34.5 Å². The quantitative estimate of drug-likeness (QED) is 0.0965. The van der Waals surface area contributed by atoms with Crippen molar-refractivity contribution in [1.82, 2.24) is 0 Å². The fourth-order valence-corrected chi connectivity index (χ4v) is 9.50. The van der Waals surface area contributed by atoms with Crippen molar-refractivity contribution >= 4 is 95.6 Å². The van der Waals surface area contributed by atoms with Crippen molar-refractivity contribution < 1.29 is 66.3 Å². The molecule has 0 fully saturated rings. The first-order chi connectivity index (χ1) is 38.1. The fraction of sp³-hybridized carbons (Fsp3) is 0.300. The molecule has 436 valence electrons. The lowest BCUT2D eigenvalue weighted by Crippen LogP contribution is -2.13. The predicted octanol–water partition coefficient (Wildman–Crippen LogP) is 17.8. The van der Waals surface area contributed by atoms with E-state index in [0.717, 1.165) is 89.5 Å². The van der Waals surface area contributed by atoms with E-state index in [1.54, 1.807) is 99.5 Å². The van der Waals surface area contributed by atoms with Gasteiger partial charge in [-0.1, -0.05) is 98.9 Å². The summed E-state index contributed by atoms with van der Waals surface area (Å²) in [6.45, 7) is 6.45. The van der Waals surface area contributed by atoms with Gasteiger partial charge in [0.15, 0.2) is 34.5 Å². The Kier molecular flexibility index (Phi) is 32.6. The minimum Gasteiger partial charge on any atom is -0.497 e. The molecule has 0 N–H and O–H groups in total. The van der Waals surface area contributed by atoms with Gasteiger partial charge in [-0.15, -0.1) is 0 Å². The molecular weight excluding hydrogens is 1420 g/mol. The van der Waals surface area contributed by atoms with Crippen LogP contribution in [0.25, 0.3) is 11.1 Å². The molecular formula is C60H70Br6O14. The Labute approximate surface area is 522 Å². The van der Waals surface area contributed by atoms with Crippen LogP contribution in [0, 0.1) is 0 Å². The normalized spacial score (nSPS) is 9.94. The van der Waals surface area contributed by atoms with Gasteiger partial charge < -0.3 is 66.3 Å². The number of halogens is 6. The zero-order valence-corrected chi connectivity index (χ0v) is 57.5. The Morgan fingerprint density at radius 1 is 0.275 bits per heavy atom. The van der Waals surface area contributed by atoms with Crippen LogP contribution in [0.4, 0.5) is 0 Å². The van der Waals surface area contributed by atoms with Crippen LogP contribution in [-0.4, -0.2) is 99.5 Å². The highest BCUT2D eigenvalue weighted by molar-refractivity contribution is 9.11. The molecule has 0 aromatic heterocycles. The molecule has 80 heavy (non-hydrogen) atoms. The minimum atomic E-state index is 0.0410. The number of rotatable bonds is 15. The topological polar surface area (TPSA) is 129 Å². The van der Waals surface area contributed by atoms with E-state index in [2.05, 4.69) is 116 Å². The zero-order valence-electron chi connectivity index (χ0n) is 48.0. The number of hydrogen-bond acceptors (Lipinski definition) is 14. The molecule has 0 unspecified atom stereocenters. The summed E-state index contributed by atoms with van der Waals surface area (Å²) in [7, 11) is 22.7. The SMILES string of the molecule is COc1cc(-c2ccccc2)c(OC)cc1Br.COc1cc(Br)cc(OC)c1.COc1cc(Br)cc(OC)c1OC.COc1cc(C(C)(C)C)c(OC)cc1Br.COc1ccc(Br)c(OC)c1OC.COc1ccc(Br)cc1OC. The lowest BCUT2D eigenvalue weighted by Gasteiger charge is -2.23. The van der Waals surface area contributed by atoms with E-state index in [4.69, 9.17) is 66.3 Å². The van der Waals surface area contributed by atoms with Crippen LogP contribution in [-0.2, 0) is 5.41 Å². The first-order valence-corrected chi connectivity index (χ1v) is 28.5. The fourth-order valence-electron chi connectivity index (χ4n) is 6.85. The van der Waals surface area contributed by atoms with Crippen molar-refractivity contribution in [3.63, 3.8) is 0 Å². The summed E-state index contributed by atoms with van der Waals surface area (Å²) < 4.78 is 77.8. The Morgan fingerprint density at radius 2 is 0.700 bits per heavy atom. The Hall–Kier alpha value is -5.38. The van der Waals surface area contributed by atoms with E-state index in [1.165, 1.54) is 0 Å². The monoisotopic (exact) mass is 1490 g/mol. The zero-order chi connectivity index (χ0) is 60.1. The maximum absolute atomic E-state index is 5.39. The van der Waals surface area contributed by atoms with Gasteiger partial charge in [-0.3, -0.25) is 0 Å². The lowest BCUT2D eigenvalue weighted by molar-refractivity contribution is 0.323. The standard InChI is InChI=1S/C14H13BrO2.C12H17BrO2.2C9H11BrO3.2C8H9BrO2/c1-16-13-9-12(15)14(17-2)8-11(13)10-6-4-3-5-7-10;1-12(2,3)8-6-11(15-5)9(13)7-10(8)14-4;1-11-7-4-6(10)5-8(12-2)9(7)13-3;1-11-7-5-4-6(10)8(12-2)9(7)13-3;1-10-7-3-6(9)4-8(5-7)11-2;1-10-7-4-3-6(9)5-8(7)11-2/h3-9H,1-2H3;6-7H,1-5H3;2*4-5H,1-3H3;2*3-5H,1-2H3. The highest BCUT2D eigenvalue weighted by Gasteiger charge is 2.21. The van der Waals surface area contributed by atoms with E-state index >= 15 is 0 Å². The summed E-state index contributed by atoms with van der Waals surface area (Å²) in [6.07, 6.45) is 0. The van der Waals surface area contributed by atoms with Crippen molar-refractivity contribution in [3.8, 4) is 91.6 Å². The molecule has 0 saturated heterocycles. The maximum atomic E-state index is 5.39. The van der Waals surface area contributed by atoms with Crippen LogP contribution in [0.5, 0.6) is 80.5 Å². The van der Waals surface area contributed by atoms with Gasteiger partial charge in [0.25, 0.3) is 0 Å². The average molecular weight is 1490 g/mol. The van der Waals surface area contributed by atoms with Gasteiger partial charge in [-0.25, -0.2) is 0 Å². The number of methoxy groups -OCH3 is 14. The van der Waals surface area contributed by atoms with Gasteiger partial charge in [0, 0.05) is 30.6 Å². The van der Waals surface area contributed by atoms with Gasteiger partial charge in [-0.2, -0.15) is 0 Å². The van der Waals surface area contributed by atoms with Gasteiger partial charge in [-0.05, 0) is 138 Å². The van der Waals surface area contributed by atoms with Crippen LogP contribution >= 0.6 is 95.6 Å². The molecule has 0 bridgehead atoms. The first-order valence-electron chi connectivity index (χ1n) is 23.7. The molecule has 0 spiro atoms. The van der Waals surface area contributed by atoms with E-state index in [-0.39, 0.29) is 5.41 Å². The molecule has 7 aromatic carbocycles. The highest BCUT2D eigenvalue weighted by Crippen LogP contribution is 2.43. The smallest absolute Gasteiger partial charge is 0.204 e. The molecule has 0 aliphatic rings. The minimum absolute atomic E-state index is 0.0410. The highest BCUT2D eigenvalue weighted by atomic mass is 79.9. The molecule has 0 saturated carbocycles.